The van der Waals surface area contributed by atoms with Gasteiger partial charge in [-0.25, -0.2) is 0 Å². The Bertz CT molecular complexity index is 138. The lowest BCUT2D eigenvalue weighted by atomic mass is 9.98. The van der Waals surface area contributed by atoms with E-state index in [0.717, 1.165) is 12.0 Å². The zero-order valence-electron chi connectivity index (χ0n) is 10.7. The highest BCUT2D eigenvalue weighted by molar-refractivity contribution is 4.70. The van der Waals surface area contributed by atoms with Crippen LogP contribution >= 0.6 is 0 Å². The first-order valence-corrected chi connectivity index (χ1v) is 7.10. The van der Waals surface area contributed by atoms with Crippen LogP contribution in [0.25, 0.3) is 0 Å². The van der Waals surface area contributed by atoms with Gasteiger partial charge >= 0.3 is 0 Å². The summed E-state index contributed by atoms with van der Waals surface area (Å²) in [7, 11) is 0. The van der Waals surface area contributed by atoms with E-state index in [2.05, 4.69) is 19.2 Å². The largest absolute Gasteiger partial charge is 0.314 e. The van der Waals surface area contributed by atoms with Crippen molar-refractivity contribution in [3.63, 3.8) is 0 Å². The van der Waals surface area contributed by atoms with Crippen molar-refractivity contribution in [2.75, 3.05) is 6.54 Å². The molecule has 0 saturated heterocycles. The summed E-state index contributed by atoms with van der Waals surface area (Å²) in [6.07, 6.45) is 12.9. The fourth-order valence-corrected chi connectivity index (χ4v) is 2.75. The van der Waals surface area contributed by atoms with Crippen LogP contribution in [-0.4, -0.2) is 12.6 Å². The Hall–Kier alpha value is -0.0400. The molecule has 15 heavy (non-hydrogen) atoms. The zero-order chi connectivity index (χ0) is 10.9. The van der Waals surface area contributed by atoms with E-state index in [0.29, 0.717) is 0 Å². The maximum absolute atomic E-state index is 3.64. The molecule has 0 aromatic heterocycles. The molecule has 0 aromatic carbocycles. The summed E-state index contributed by atoms with van der Waals surface area (Å²) in [6.45, 7) is 5.75. The van der Waals surface area contributed by atoms with E-state index in [4.69, 9.17) is 0 Å². The van der Waals surface area contributed by atoms with Crippen molar-refractivity contribution in [3.8, 4) is 0 Å². The average molecular weight is 211 g/mol. The molecule has 1 nitrogen and oxygen atoms in total. The fourth-order valence-electron chi connectivity index (χ4n) is 2.75. The van der Waals surface area contributed by atoms with E-state index in [-0.39, 0.29) is 0 Å². The van der Waals surface area contributed by atoms with Crippen molar-refractivity contribution >= 4 is 0 Å². The van der Waals surface area contributed by atoms with E-state index in [1.807, 2.05) is 0 Å². The molecule has 0 aliphatic heterocycles. The van der Waals surface area contributed by atoms with Gasteiger partial charge in [0.25, 0.3) is 0 Å². The average Bonchev–Trinajstić information content (AvgIpc) is 2.76. The summed E-state index contributed by atoms with van der Waals surface area (Å²) in [6, 6.07) is 0.784. The molecular weight excluding hydrogens is 182 g/mol. The van der Waals surface area contributed by atoms with E-state index >= 15 is 0 Å². The molecule has 1 atom stereocenters. The maximum atomic E-state index is 3.64. The first-order chi connectivity index (χ1) is 7.36. The molecule has 1 unspecified atom stereocenters. The van der Waals surface area contributed by atoms with Gasteiger partial charge in [-0.05, 0) is 31.7 Å². The molecule has 1 saturated carbocycles. The molecule has 1 N–H and O–H groups in total. The van der Waals surface area contributed by atoms with Crippen LogP contribution in [0.2, 0.25) is 0 Å². The highest BCUT2D eigenvalue weighted by Crippen LogP contribution is 2.29. The van der Waals surface area contributed by atoms with Gasteiger partial charge in [-0.3, -0.25) is 0 Å². The molecular formula is C14H29N. The van der Waals surface area contributed by atoms with Crippen molar-refractivity contribution in [1.29, 1.82) is 0 Å². The molecule has 0 spiro atoms. The predicted octanol–water partition coefficient (Wildman–Crippen LogP) is 4.13. The third-order valence-corrected chi connectivity index (χ3v) is 3.82. The van der Waals surface area contributed by atoms with Crippen LogP contribution in [-0.2, 0) is 0 Å². The Labute approximate surface area is 96.0 Å². The second-order valence-corrected chi connectivity index (χ2v) is 5.14. The summed E-state index contributed by atoms with van der Waals surface area (Å²) in [5.41, 5.74) is 0. The highest BCUT2D eigenvalue weighted by Gasteiger charge is 2.15. The number of hydrogen-bond acceptors (Lipinski definition) is 1. The summed E-state index contributed by atoms with van der Waals surface area (Å²) >= 11 is 0. The van der Waals surface area contributed by atoms with Crippen molar-refractivity contribution in [2.24, 2.45) is 5.92 Å². The fraction of sp³-hybridized carbons (Fsp3) is 1.00. The van der Waals surface area contributed by atoms with Crippen LogP contribution in [0, 0.1) is 5.92 Å². The molecule has 1 aliphatic carbocycles. The molecule has 1 aliphatic rings. The topological polar surface area (TPSA) is 12.0 Å². The number of hydrogen-bond donors (Lipinski definition) is 1. The Morgan fingerprint density at radius 2 is 1.93 bits per heavy atom. The smallest absolute Gasteiger partial charge is 0.00644 e. The molecule has 1 heteroatoms. The Morgan fingerprint density at radius 3 is 2.53 bits per heavy atom. The first kappa shape index (κ1) is 13.0. The van der Waals surface area contributed by atoms with Crippen molar-refractivity contribution in [2.45, 2.75) is 77.7 Å². The lowest BCUT2D eigenvalue weighted by Crippen LogP contribution is -2.29. The molecule has 1 fully saturated rings. The Morgan fingerprint density at radius 1 is 1.20 bits per heavy atom. The third-order valence-electron chi connectivity index (χ3n) is 3.82. The number of nitrogens with one attached hydrogen (secondary N) is 1. The SMILES string of the molecule is CCCNC(CC)CCCC1CCCC1. The van der Waals surface area contributed by atoms with Gasteiger partial charge in [0.2, 0.25) is 0 Å². The zero-order valence-corrected chi connectivity index (χ0v) is 10.7. The summed E-state index contributed by atoms with van der Waals surface area (Å²) < 4.78 is 0. The van der Waals surface area contributed by atoms with Crippen LogP contribution in [0.4, 0.5) is 0 Å². The molecule has 0 bridgehead atoms. The summed E-state index contributed by atoms with van der Waals surface area (Å²) in [5.74, 6) is 1.08. The molecule has 0 aromatic rings. The second-order valence-electron chi connectivity index (χ2n) is 5.14. The maximum Gasteiger partial charge on any atom is 0.00644 e. The van der Waals surface area contributed by atoms with Gasteiger partial charge in [0.1, 0.15) is 0 Å². The van der Waals surface area contributed by atoms with Crippen molar-refractivity contribution < 1.29 is 0 Å². The van der Waals surface area contributed by atoms with Gasteiger partial charge in [-0.2, -0.15) is 0 Å². The van der Waals surface area contributed by atoms with Crippen molar-refractivity contribution in [3.05, 3.63) is 0 Å². The minimum Gasteiger partial charge on any atom is -0.314 e. The molecule has 0 radical (unpaired) electrons. The monoisotopic (exact) mass is 211 g/mol. The Balaban J connectivity index is 2.00. The van der Waals surface area contributed by atoms with Gasteiger partial charge in [-0.1, -0.05) is 52.4 Å². The predicted molar refractivity (Wildman–Crippen MR) is 68.2 cm³/mol. The van der Waals surface area contributed by atoms with Crippen LogP contribution in [0.1, 0.15) is 71.6 Å². The lowest BCUT2D eigenvalue weighted by molar-refractivity contribution is 0.410. The van der Waals surface area contributed by atoms with E-state index in [1.165, 1.54) is 64.3 Å². The summed E-state index contributed by atoms with van der Waals surface area (Å²) in [4.78, 5) is 0. The quantitative estimate of drug-likeness (QED) is 0.636. The number of rotatable bonds is 8. The standard InChI is InChI=1S/C14H29N/c1-3-12-15-14(4-2)11-7-10-13-8-5-6-9-13/h13-15H,3-12H2,1-2H3. The van der Waals surface area contributed by atoms with E-state index < -0.39 is 0 Å². The minimum atomic E-state index is 0.784. The molecule has 0 amide bonds. The molecule has 1 rings (SSSR count). The Kier molecular flexibility index (Phi) is 7.08. The van der Waals surface area contributed by atoms with E-state index in [1.54, 1.807) is 0 Å². The normalized spacial score (nSPS) is 19.6. The molecule has 0 heterocycles. The van der Waals surface area contributed by atoms with Crippen LogP contribution in [0.3, 0.4) is 0 Å². The molecule has 90 valence electrons. The lowest BCUT2D eigenvalue weighted by Gasteiger charge is -2.17. The van der Waals surface area contributed by atoms with Crippen molar-refractivity contribution in [1.82, 2.24) is 5.32 Å². The second kappa shape index (κ2) is 8.15. The van der Waals surface area contributed by atoms with Gasteiger partial charge in [-0.15, -0.1) is 0 Å². The van der Waals surface area contributed by atoms with Crippen LogP contribution in [0.5, 0.6) is 0 Å². The first-order valence-electron chi connectivity index (χ1n) is 7.10. The summed E-state index contributed by atoms with van der Waals surface area (Å²) in [5, 5.41) is 3.64. The highest BCUT2D eigenvalue weighted by atomic mass is 14.9. The van der Waals surface area contributed by atoms with Gasteiger partial charge in [0.15, 0.2) is 0 Å². The third kappa shape index (κ3) is 5.55. The van der Waals surface area contributed by atoms with Gasteiger partial charge in [0, 0.05) is 6.04 Å². The van der Waals surface area contributed by atoms with Gasteiger partial charge in [0.05, 0.1) is 0 Å². The van der Waals surface area contributed by atoms with Crippen LogP contribution in [0.15, 0.2) is 0 Å². The van der Waals surface area contributed by atoms with E-state index in [9.17, 15) is 0 Å². The van der Waals surface area contributed by atoms with Crippen LogP contribution < -0.4 is 5.32 Å². The van der Waals surface area contributed by atoms with Gasteiger partial charge < -0.3 is 5.32 Å². The minimum absolute atomic E-state index is 0.784.